The van der Waals surface area contributed by atoms with E-state index in [2.05, 4.69) is 107 Å². The van der Waals surface area contributed by atoms with Crippen LogP contribution in [0.2, 0.25) is 0 Å². The molecule has 6 aliphatic carbocycles. The summed E-state index contributed by atoms with van der Waals surface area (Å²) in [5.74, 6) is 14.6. The van der Waals surface area contributed by atoms with Gasteiger partial charge in [0.05, 0.1) is 0 Å². The normalized spacial score (nSPS) is 27.7. The maximum absolute atomic E-state index is 2.64. The van der Waals surface area contributed by atoms with E-state index < -0.39 is 0 Å². The molecule has 0 unspecified atom stereocenters. The third-order valence-electron chi connectivity index (χ3n) is 9.84. The summed E-state index contributed by atoms with van der Waals surface area (Å²) < 4.78 is 0. The Labute approximate surface area is 303 Å². The van der Waals surface area contributed by atoms with Crippen molar-refractivity contribution in [1.29, 1.82) is 0 Å². The molecule has 0 bridgehead atoms. The van der Waals surface area contributed by atoms with Gasteiger partial charge in [-0.05, 0) is 77.8 Å². The van der Waals surface area contributed by atoms with Gasteiger partial charge in [0.2, 0.25) is 0 Å². The van der Waals surface area contributed by atoms with E-state index in [1.54, 1.807) is 11.8 Å². The molecule has 2 nitrogen and oxygen atoms in total. The van der Waals surface area contributed by atoms with Gasteiger partial charge in [-0.3, -0.25) is 0 Å². The average molecular weight is 705 g/mol. The van der Waals surface area contributed by atoms with Gasteiger partial charge in [-0.2, -0.15) is 0 Å². The number of rotatable bonds is 6. The first-order valence-electron chi connectivity index (χ1n) is 16.4. The first-order chi connectivity index (χ1) is 20.9. The molecular weight excluding hydrogens is 660 g/mol. The fraction of sp³-hybridized carbons (Fsp3) is 0.350. The summed E-state index contributed by atoms with van der Waals surface area (Å²) in [4.78, 5) is 5.28. The first kappa shape index (κ1) is 32.4. The molecule has 0 atom stereocenters. The van der Waals surface area contributed by atoms with Crippen molar-refractivity contribution in [2.45, 2.75) is 51.4 Å². The Morgan fingerprint density at radius 2 is 0.605 bits per heavy atom. The molecule has 2 aliphatic heterocycles. The zero-order valence-electron chi connectivity index (χ0n) is 25.4. The number of piperidine rings is 2. The second kappa shape index (κ2) is 15.8. The standard InChI is InChI=1S/2C20H22N.Eu/c2*1-6-13-21(14-7-1)15-12-20-18-10-4-2-8-16(18)17-9-3-5-11-19(17)20;/h2*2-5,8-11H,1,6-7,12-15H2;/q;;+2. The van der Waals surface area contributed by atoms with Crippen molar-refractivity contribution in [1.82, 2.24) is 9.80 Å². The van der Waals surface area contributed by atoms with E-state index in [1.807, 2.05) is 0 Å². The second-order valence-electron chi connectivity index (χ2n) is 12.4. The number of allylic oxidation sites excluding steroid dienone is 16. The minimum absolute atomic E-state index is 0. The van der Waals surface area contributed by atoms with Crippen LogP contribution >= 0.6 is 0 Å². The van der Waals surface area contributed by atoms with E-state index in [-0.39, 0.29) is 49.4 Å². The minimum Gasteiger partial charge on any atom is -0.303 e. The Morgan fingerprint density at radius 3 is 0.884 bits per heavy atom. The Morgan fingerprint density at radius 1 is 0.349 bits per heavy atom. The van der Waals surface area contributed by atoms with Gasteiger partial charge in [-0.25, -0.2) is 0 Å². The van der Waals surface area contributed by atoms with Crippen molar-refractivity contribution in [2.75, 3.05) is 39.3 Å². The quantitative estimate of drug-likeness (QED) is 0.277. The summed E-state index contributed by atoms with van der Waals surface area (Å²) in [6.45, 7) is 7.57. The molecule has 0 N–H and O–H groups in total. The molecule has 0 aromatic carbocycles. The zero-order chi connectivity index (χ0) is 28.1. The minimum atomic E-state index is 0. The number of likely N-dealkylation sites (tertiary alicyclic amines) is 2. The van der Waals surface area contributed by atoms with E-state index in [4.69, 9.17) is 0 Å². The number of hydrogen-bond acceptors (Lipinski definition) is 2. The predicted molar refractivity (Wildman–Crippen MR) is 175 cm³/mol. The molecule has 8 rings (SSSR count). The van der Waals surface area contributed by atoms with Gasteiger partial charge in [-0.1, -0.05) is 110 Å². The van der Waals surface area contributed by atoms with Gasteiger partial charge in [0.15, 0.2) is 0 Å². The molecular formula is C40H44EuN2+2. The number of nitrogens with zero attached hydrogens (tertiary/aromatic N) is 2. The van der Waals surface area contributed by atoms with Crippen molar-refractivity contribution in [3.8, 4) is 0 Å². The fourth-order valence-electron chi connectivity index (χ4n) is 7.66. The third kappa shape index (κ3) is 7.38. The van der Waals surface area contributed by atoms with Gasteiger partial charge in [0.1, 0.15) is 0 Å². The van der Waals surface area contributed by atoms with Crippen molar-refractivity contribution in [2.24, 2.45) is 0 Å². The van der Waals surface area contributed by atoms with Gasteiger partial charge < -0.3 is 9.80 Å². The smallest absolute Gasteiger partial charge is 0.303 e. The van der Waals surface area contributed by atoms with Crippen LogP contribution in [0.3, 0.4) is 0 Å². The van der Waals surface area contributed by atoms with Crippen LogP contribution in [-0.2, 0) is 0 Å². The molecule has 0 spiro atoms. The molecule has 4 fully saturated rings. The second-order valence-corrected chi connectivity index (χ2v) is 12.4. The monoisotopic (exact) mass is 705 g/mol. The fourth-order valence-corrected chi connectivity index (χ4v) is 7.66. The number of fused-ring (bicyclic) bond motifs is 6. The van der Waals surface area contributed by atoms with Crippen molar-refractivity contribution in [3.63, 3.8) is 0 Å². The van der Waals surface area contributed by atoms with Crippen molar-refractivity contribution in [3.05, 3.63) is 156 Å². The zero-order valence-corrected chi connectivity index (χ0v) is 27.8. The van der Waals surface area contributed by atoms with E-state index in [0.29, 0.717) is 0 Å². The molecule has 0 aromatic rings. The van der Waals surface area contributed by atoms with Crippen LogP contribution in [0, 0.1) is 109 Å². The summed E-state index contributed by atoms with van der Waals surface area (Å²) in [7, 11) is 0. The van der Waals surface area contributed by atoms with Crippen LogP contribution in [0.4, 0.5) is 0 Å². The molecule has 0 amide bonds. The van der Waals surface area contributed by atoms with Gasteiger partial charge in [-0.15, -0.1) is 0 Å². The van der Waals surface area contributed by atoms with Crippen LogP contribution in [0.5, 0.6) is 0 Å². The first-order valence-corrected chi connectivity index (χ1v) is 16.4. The Bertz CT molecular complexity index is 985. The van der Waals surface area contributed by atoms with Crippen LogP contribution in [-0.4, -0.2) is 49.1 Å². The third-order valence-corrected chi connectivity index (χ3v) is 9.84. The molecule has 8 aliphatic rings. The number of hydrogen-bond donors (Lipinski definition) is 0. The van der Waals surface area contributed by atoms with E-state index >= 15 is 0 Å². The summed E-state index contributed by atoms with van der Waals surface area (Å²) >= 11 is 0. The molecule has 11 radical (unpaired) electrons. The topological polar surface area (TPSA) is 6.48 Å². The Kier molecular flexibility index (Phi) is 11.9. The molecule has 2 saturated heterocycles. The van der Waals surface area contributed by atoms with E-state index in [9.17, 15) is 0 Å². The van der Waals surface area contributed by atoms with E-state index in [1.165, 1.54) is 138 Å². The summed E-state index contributed by atoms with van der Waals surface area (Å²) in [6.07, 6.45) is 46.2. The molecule has 0 aromatic heterocycles. The largest absolute Gasteiger partial charge is 2.00 e. The van der Waals surface area contributed by atoms with E-state index in [0.717, 1.165) is 0 Å². The van der Waals surface area contributed by atoms with Crippen LogP contribution < -0.4 is 0 Å². The van der Waals surface area contributed by atoms with Gasteiger partial charge >= 0.3 is 49.4 Å². The SMILES string of the molecule is C1=C[C]2[C]3C=CC=C[C]3[C](CCN3CCCCC3)[C]2C=C1.C1=C[C]2[C]3C=CC=C[C]3[C](CCN3CCCCC3)[C]2C=C1.[Eu+2]. The molecule has 3 heteroatoms. The molecule has 43 heavy (non-hydrogen) atoms. The Balaban J connectivity index is 0.000000150. The summed E-state index contributed by atoms with van der Waals surface area (Å²) in [5.41, 5.74) is 0. The van der Waals surface area contributed by atoms with Crippen LogP contribution in [0.15, 0.2) is 97.2 Å². The average Bonchev–Trinajstić information content (AvgIpc) is 3.56. The molecule has 219 valence electrons. The maximum Gasteiger partial charge on any atom is 2.00 e. The van der Waals surface area contributed by atoms with Gasteiger partial charge in [0, 0.05) is 59.2 Å². The van der Waals surface area contributed by atoms with Crippen LogP contribution in [0.1, 0.15) is 51.4 Å². The van der Waals surface area contributed by atoms with Crippen molar-refractivity contribution < 1.29 is 49.4 Å². The maximum atomic E-state index is 2.64. The Hall–Kier alpha value is -0.576. The summed E-state index contributed by atoms with van der Waals surface area (Å²) in [5, 5.41) is 0. The summed E-state index contributed by atoms with van der Waals surface area (Å²) in [6, 6.07) is 0. The van der Waals surface area contributed by atoms with Crippen molar-refractivity contribution >= 4 is 0 Å². The molecule has 2 saturated carbocycles. The predicted octanol–water partition coefficient (Wildman–Crippen LogP) is 8.00. The molecule has 2 heterocycles. The van der Waals surface area contributed by atoms with Gasteiger partial charge in [0.25, 0.3) is 0 Å². The van der Waals surface area contributed by atoms with Crippen LogP contribution in [0.25, 0.3) is 0 Å².